The third kappa shape index (κ3) is 4.84. The highest BCUT2D eigenvalue weighted by Gasteiger charge is 2.11. The number of hydrogen-bond acceptors (Lipinski definition) is 4. The fourth-order valence-corrected chi connectivity index (χ4v) is 1.95. The summed E-state index contributed by atoms with van der Waals surface area (Å²) in [5.41, 5.74) is 1.71. The molecule has 0 aliphatic carbocycles. The number of carbonyl (C=O) groups is 2. The molecule has 2 rings (SSSR count). The molecule has 7 heteroatoms. The highest BCUT2D eigenvalue weighted by Crippen LogP contribution is 2.13. The lowest BCUT2D eigenvalue weighted by atomic mass is 10.2. The molecule has 0 saturated heterocycles. The number of carbonyl (C=O) groups excluding carboxylic acids is 2. The Bertz CT molecular complexity index is 692. The average molecular weight is 330 g/mol. The van der Waals surface area contributed by atoms with Gasteiger partial charge in [0, 0.05) is 18.4 Å². The summed E-state index contributed by atoms with van der Waals surface area (Å²) in [5, 5.41) is 9.73. The van der Waals surface area contributed by atoms with Crippen molar-refractivity contribution in [2.45, 2.75) is 20.8 Å². The lowest BCUT2D eigenvalue weighted by molar-refractivity contribution is 0.0519. The fraction of sp³-hybridized carbons (Fsp3) is 0.353. The molecule has 0 bridgehead atoms. The van der Waals surface area contributed by atoms with E-state index in [0.29, 0.717) is 24.8 Å². The van der Waals surface area contributed by atoms with Crippen molar-refractivity contribution in [2.75, 3.05) is 18.5 Å². The maximum Gasteiger partial charge on any atom is 0.358 e. The van der Waals surface area contributed by atoms with Gasteiger partial charge in [0.2, 0.25) is 0 Å². The van der Waals surface area contributed by atoms with Crippen LogP contribution in [0.4, 0.5) is 10.5 Å². The Morgan fingerprint density at radius 3 is 2.54 bits per heavy atom. The van der Waals surface area contributed by atoms with E-state index in [1.165, 1.54) is 0 Å². The molecule has 2 N–H and O–H groups in total. The minimum atomic E-state index is -0.448. The molecule has 7 nitrogen and oxygen atoms in total. The van der Waals surface area contributed by atoms with Crippen LogP contribution in [0.1, 0.15) is 31.3 Å². The van der Waals surface area contributed by atoms with Crippen LogP contribution in [0.5, 0.6) is 0 Å². The molecule has 24 heavy (non-hydrogen) atoms. The van der Waals surface area contributed by atoms with E-state index in [0.717, 1.165) is 5.69 Å². The van der Waals surface area contributed by atoms with Crippen LogP contribution in [0, 0.1) is 5.92 Å². The SMILES string of the molecule is CCOC(=O)c1ccn(-c2ccc(NC(=O)NCC(C)C)cc2)n1. The first-order chi connectivity index (χ1) is 11.5. The number of aromatic nitrogens is 2. The Labute approximate surface area is 141 Å². The van der Waals surface area contributed by atoms with Crippen LogP contribution in [-0.2, 0) is 4.74 Å². The molecule has 1 heterocycles. The summed E-state index contributed by atoms with van der Waals surface area (Å²) in [6.45, 7) is 6.74. The third-order valence-corrected chi connectivity index (χ3v) is 3.13. The van der Waals surface area contributed by atoms with E-state index in [-0.39, 0.29) is 11.7 Å². The van der Waals surface area contributed by atoms with Gasteiger partial charge in [-0.25, -0.2) is 14.3 Å². The number of benzene rings is 1. The Hall–Kier alpha value is -2.83. The second kappa shape index (κ2) is 8.14. The molecule has 128 valence electrons. The minimum absolute atomic E-state index is 0.236. The summed E-state index contributed by atoms with van der Waals surface area (Å²) >= 11 is 0. The normalized spacial score (nSPS) is 10.5. The van der Waals surface area contributed by atoms with Gasteiger partial charge in [-0.2, -0.15) is 5.10 Å². The maximum atomic E-state index is 11.7. The van der Waals surface area contributed by atoms with Gasteiger partial charge in [0.15, 0.2) is 5.69 Å². The molecule has 2 aromatic rings. The standard InChI is InChI=1S/C17H22N4O3/c1-4-24-16(22)15-9-10-21(20-15)14-7-5-13(6-8-14)19-17(23)18-11-12(2)3/h5-10,12H,4,11H2,1-3H3,(H2,18,19,23). The van der Waals surface area contributed by atoms with Gasteiger partial charge in [-0.05, 0) is 43.2 Å². The van der Waals surface area contributed by atoms with E-state index in [2.05, 4.69) is 15.7 Å². The van der Waals surface area contributed by atoms with Crippen LogP contribution in [-0.4, -0.2) is 34.9 Å². The van der Waals surface area contributed by atoms with Gasteiger partial charge in [0.05, 0.1) is 12.3 Å². The summed E-state index contributed by atoms with van der Waals surface area (Å²) in [5.74, 6) is -0.0529. The Kier molecular flexibility index (Phi) is 5.95. The number of amides is 2. The number of nitrogens with zero attached hydrogens (tertiary/aromatic N) is 2. The molecule has 0 spiro atoms. The first kappa shape index (κ1) is 17.5. The van der Waals surface area contributed by atoms with Crippen molar-refractivity contribution < 1.29 is 14.3 Å². The van der Waals surface area contributed by atoms with Crippen molar-refractivity contribution >= 4 is 17.7 Å². The molecule has 1 aromatic carbocycles. The van der Waals surface area contributed by atoms with Gasteiger partial charge in [-0.3, -0.25) is 0 Å². The zero-order valence-corrected chi connectivity index (χ0v) is 14.1. The monoisotopic (exact) mass is 330 g/mol. The van der Waals surface area contributed by atoms with E-state index in [1.54, 1.807) is 48.1 Å². The molecule has 2 amide bonds. The van der Waals surface area contributed by atoms with E-state index in [4.69, 9.17) is 4.74 Å². The lowest BCUT2D eigenvalue weighted by Gasteiger charge is -2.10. The number of anilines is 1. The van der Waals surface area contributed by atoms with E-state index in [9.17, 15) is 9.59 Å². The molecule has 1 aromatic heterocycles. The Morgan fingerprint density at radius 1 is 1.21 bits per heavy atom. The highest BCUT2D eigenvalue weighted by atomic mass is 16.5. The number of urea groups is 1. The van der Waals surface area contributed by atoms with Crippen molar-refractivity contribution in [1.29, 1.82) is 0 Å². The predicted octanol–water partition coefficient (Wildman–Crippen LogP) is 2.83. The van der Waals surface area contributed by atoms with Crippen molar-refractivity contribution in [3.8, 4) is 5.69 Å². The largest absolute Gasteiger partial charge is 0.461 e. The van der Waals surface area contributed by atoms with Gasteiger partial charge < -0.3 is 15.4 Å². The van der Waals surface area contributed by atoms with Gasteiger partial charge in [-0.1, -0.05) is 13.8 Å². The number of nitrogens with one attached hydrogen (secondary N) is 2. The molecule has 0 radical (unpaired) electrons. The molecule has 0 unspecified atom stereocenters. The number of esters is 1. The third-order valence-electron chi connectivity index (χ3n) is 3.13. The quantitative estimate of drug-likeness (QED) is 0.798. The van der Waals surface area contributed by atoms with Gasteiger partial charge in [0.25, 0.3) is 0 Å². The fourth-order valence-electron chi connectivity index (χ4n) is 1.95. The summed E-state index contributed by atoms with van der Waals surface area (Å²) in [4.78, 5) is 23.3. The molecule has 0 aliphatic heterocycles. The topological polar surface area (TPSA) is 85.2 Å². The van der Waals surface area contributed by atoms with Gasteiger partial charge in [-0.15, -0.1) is 0 Å². The van der Waals surface area contributed by atoms with Gasteiger partial charge >= 0.3 is 12.0 Å². The Balaban J connectivity index is 1.99. The van der Waals surface area contributed by atoms with E-state index in [1.807, 2.05) is 13.8 Å². The predicted molar refractivity (Wildman–Crippen MR) is 91.4 cm³/mol. The smallest absolute Gasteiger partial charge is 0.358 e. The summed E-state index contributed by atoms with van der Waals surface area (Å²) < 4.78 is 6.49. The second-order valence-corrected chi connectivity index (χ2v) is 5.64. The highest BCUT2D eigenvalue weighted by molar-refractivity contribution is 5.89. The van der Waals surface area contributed by atoms with E-state index >= 15 is 0 Å². The van der Waals surface area contributed by atoms with Crippen molar-refractivity contribution in [1.82, 2.24) is 15.1 Å². The molecule has 0 aliphatic rings. The molecule has 0 atom stereocenters. The first-order valence-electron chi connectivity index (χ1n) is 7.87. The Morgan fingerprint density at radius 2 is 1.92 bits per heavy atom. The van der Waals surface area contributed by atoms with Gasteiger partial charge in [0.1, 0.15) is 0 Å². The number of ether oxygens (including phenoxy) is 1. The molecule has 0 fully saturated rings. The van der Waals surface area contributed by atoms with Crippen LogP contribution in [0.2, 0.25) is 0 Å². The lowest BCUT2D eigenvalue weighted by Crippen LogP contribution is -2.31. The summed E-state index contributed by atoms with van der Waals surface area (Å²) in [6.07, 6.45) is 1.68. The average Bonchev–Trinajstić information content (AvgIpc) is 3.04. The summed E-state index contributed by atoms with van der Waals surface area (Å²) in [7, 11) is 0. The van der Waals surface area contributed by atoms with Crippen molar-refractivity contribution in [3.05, 3.63) is 42.2 Å². The minimum Gasteiger partial charge on any atom is -0.461 e. The summed E-state index contributed by atoms with van der Waals surface area (Å²) in [6, 6.07) is 8.52. The molecule has 0 saturated carbocycles. The zero-order valence-electron chi connectivity index (χ0n) is 14.1. The number of rotatable bonds is 6. The maximum absolute atomic E-state index is 11.7. The van der Waals surface area contributed by atoms with E-state index < -0.39 is 5.97 Å². The van der Waals surface area contributed by atoms with Crippen LogP contribution >= 0.6 is 0 Å². The molecular weight excluding hydrogens is 308 g/mol. The first-order valence-corrected chi connectivity index (χ1v) is 7.87. The number of hydrogen-bond donors (Lipinski definition) is 2. The van der Waals surface area contributed by atoms with Crippen LogP contribution in [0.3, 0.4) is 0 Å². The van der Waals surface area contributed by atoms with Crippen LogP contribution in [0.15, 0.2) is 36.5 Å². The second-order valence-electron chi connectivity index (χ2n) is 5.64. The zero-order chi connectivity index (χ0) is 17.5. The van der Waals surface area contributed by atoms with Crippen molar-refractivity contribution in [3.63, 3.8) is 0 Å². The molecular formula is C17H22N4O3. The van der Waals surface area contributed by atoms with Crippen LogP contribution < -0.4 is 10.6 Å². The van der Waals surface area contributed by atoms with Crippen molar-refractivity contribution in [2.24, 2.45) is 5.92 Å². The van der Waals surface area contributed by atoms with Crippen LogP contribution in [0.25, 0.3) is 5.69 Å².